The van der Waals surface area contributed by atoms with Gasteiger partial charge in [-0.2, -0.15) is 0 Å². The molecule has 192 valence electrons. The van der Waals surface area contributed by atoms with Crippen molar-refractivity contribution in [3.8, 4) is 0 Å². The normalized spacial score (nSPS) is 39.4. The summed E-state index contributed by atoms with van der Waals surface area (Å²) in [5.74, 6) is 1.74. The number of aliphatic carboxylic acids is 1. The second kappa shape index (κ2) is 9.59. The second-order valence-corrected chi connectivity index (χ2v) is 13.0. The third kappa shape index (κ3) is 4.96. The molecule has 4 rings (SSSR count). The Morgan fingerprint density at radius 1 is 1.09 bits per heavy atom. The van der Waals surface area contributed by atoms with Gasteiger partial charge in [-0.15, -0.1) is 0 Å². The molecule has 5 heteroatoms. The van der Waals surface area contributed by atoms with Crippen LogP contribution >= 0.6 is 0 Å². The third-order valence-electron chi connectivity index (χ3n) is 10.5. The number of carbonyl (C=O) groups is 2. The zero-order valence-electron chi connectivity index (χ0n) is 21.8. The van der Waals surface area contributed by atoms with Crippen molar-refractivity contribution in [3.05, 3.63) is 11.6 Å². The first-order chi connectivity index (χ1) is 15.9. The summed E-state index contributed by atoms with van der Waals surface area (Å²) in [5.41, 5.74) is 1.72. The molecule has 0 amide bonds. The molecule has 0 aromatic carbocycles. The highest BCUT2D eigenvalue weighted by Crippen LogP contribution is 2.66. The van der Waals surface area contributed by atoms with Crippen molar-refractivity contribution >= 4 is 11.9 Å². The predicted octanol–water partition coefficient (Wildman–Crippen LogP) is 6.28. The van der Waals surface area contributed by atoms with E-state index >= 15 is 0 Å². The SMILES string of the molecule is CC(C)(CCCC1CCC2C3CC=C4CC(O)CCC4(C)C3CCC12C)OC(=O)CCC(=O)O. The average molecular weight is 475 g/mol. The maximum atomic E-state index is 12.0. The van der Waals surface area contributed by atoms with E-state index in [9.17, 15) is 14.7 Å². The molecule has 5 nitrogen and oxygen atoms in total. The third-order valence-corrected chi connectivity index (χ3v) is 10.5. The van der Waals surface area contributed by atoms with Crippen molar-refractivity contribution in [2.24, 2.45) is 34.5 Å². The maximum absolute atomic E-state index is 12.0. The lowest BCUT2D eigenvalue weighted by Crippen LogP contribution is -2.50. The minimum atomic E-state index is -0.965. The first-order valence-corrected chi connectivity index (χ1v) is 13.8. The van der Waals surface area contributed by atoms with Crippen molar-refractivity contribution in [1.82, 2.24) is 0 Å². The van der Waals surface area contributed by atoms with Crippen LogP contribution in [-0.2, 0) is 14.3 Å². The lowest BCUT2D eigenvalue weighted by molar-refractivity contribution is -0.159. The van der Waals surface area contributed by atoms with Crippen molar-refractivity contribution in [3.63, 3.8) is 0 Å². The van der Waals surface area contributed by atoms with Crippen molar-refractivity contribution < 1.29 is 24.5 Å². The van der Waals surface area contributed by atoms with Gasteiger partial charge in [0.2, 0.25) is 0 Å². The molecule has 0 spiro atoms. The molecule has 7 atom stereocenters. The van der Waals surface area contributed by atoms with Crippen LogP contribution < -0.4 is 0 Å². The van der Waals surface area contributed by atoms with E-state index in [0.717, 1.165) is 55.8 Å². The first kappa shape index (κ1) is 25.7. The van der Waals surface area contributed by atoms with Crippen LogP contribution in [0.15, 0.2) is 11.6 Å². The fourth-order valence-corrected chi connectivity index (χ4v) is 8.62. The number of rotatable bonds is 8. The van der Waals surface area contributed by atoms with E-state index in [-0.39, 0.29) is 18.9 Å². The molecular formula is C29H46O5. The van der Waals surface area contributed by atoms with Crippen molar-refractivity contribution in [2.75, 3.05) is 0 Å². The van der Waals surface area contributed by atoms with Crippen molar-refractivity contribution in [1.29, 1.82) is 0 Å². The van der Waals surface area contributed by atoms with Gasteiger partial charge in [-0.3, -0.25) is 9.59 Å². The highest BCUT2D eigenvalue weighted by molar-refractivity contribution is 5.76. The number of hydrogen-bond acceptors (Lipinski definition) is 4. The number of ether oxygens (including phenoxy) is 1. The number of aliphatic hydroxyl groups excluding tert-OH is 1. The van der Waals surface area contributed by atoms with Gasteiger partial charge in [0.15, 0.2) is 0 Å². The highest BCUT2D eigenvalue weighted by Gasteiger charge is 2.58. The summed E-state index contributed by atoms with van der Waals surface area (Å²) in [6, 6.07) is 0. The Hall–Kier alpha value is -1.36. The van der Waals surface area contributed by atoms with E-state index in [1.807, 2.05) is 13.8 Å². The molecule has 0 saturated heterocycles. The largest absolute Gasteiger partial charge is 0.481 e. The molecular weight excluding hydrogens is 428 g/mol. The van der Waals surface area contributed by atoms with Gasteiger partial charge in [-0.1, -0.05) is 25.5 Å². The molecule has 0 radical (unpaired) electrons. The van der Waals surface area contributed by atoms with Gasteiger partial charge < -0.3 is 14.9 Å². The number of aliphatic hydroxyl groups is 1. The molecule has 34 heavy (non-hydrogen) atoms. The van der Waals surface area contributed by atoms with Gasteiger partial charge in [-0.25, -0.2) is 0 Å². The van der Waals surface area contributed by atoms with Crippen molar-refractivity contribution in [2.45, 2.75) is 123 Å². The number of esters is 1. The summed E-state index contributed by atoms with van der Waals surface area (Å²) in [6.45, 7) is 8.96. The fraction of sp³-hybridized carbons (Fsp3) is 0.862. The van der Waals surface area contributed by atoms with Crippen LogP contribution in [0.5, 0.6) is 0 Å². The minimum absolute atomic E-state index is 0.0578. The molecule has 7 unspecified atom stereocenters. The van der Waals surface area contributed by atoms with E-state index < -0.39 is 17.5 Å². The maximum Gasteiger partial charge on any atom is 0.306 e. The Morgan fingerprint density at radius 3 is 2.59 bits per heavy atom. The van der Waals surface area contributed by atoms with Gasteiger partial charge in [-0.05, 0) is 119 Å². The highest BCUT2D eigenvalue weighted by atomic mass is 16.6. The zero-order chi connectivity index (χ0) is 24.7. The van der Waals surface area contributed by atoms with Gasteiger partial charge in [0.1, 0.15) is 5.60 Å². The quantitative estimate of drug-likeness (QED) is 0.319. The van der Waals surface area contributed by atoms with Gasteiger partial charge in [0, 0.05) is 0 Å². The zero-order valence-corrected chi connectivity index (χ0v) is 21.8. The van der Waals surface area contributed by atoms with E-state index in [2.05, 4.69) is 19.9 Å². The first-order valence-electron chi connectivity index (χ1n) is 13.8. The Kier molecular flexibility index (Phi) is 7.26. The number of carbonyl (C=O) groups excluding carboxylic acids is 1. The topological polar surface area (TPSA) is 83.8 Å². The van der Waals surface area contributed by atoms with Crippen LogP contribution in [0.25, 0.3) is 0 Å². The number of allylic oxidation sites excluding steroid dienone is 1. The standard InChI is InChI=1S/C29H46O5/c1-27(2,34-26(33)12-11-25(31)32)15-5-6-19-8-10-23-22-9-7-20-18-21(30)13-16-29(20,4)24(22)14-17-28(19,23)3/h7,19,21-24,30H,5-6,8-18H2,1-4H3,(H,31,32). The summed E-state index contributed by atoms with van der Waals surface area (Å²) >= 11 is 0. The summed E-state index contributed by atoms with van der Waals surface area (Å²) < 4.78 is 5.60. The number of hydrogen-bond donors (Lipinski definition) is 2. The molecule has 0 bridgehead atoms. The summed E-state index contributed by atoms with van der Waals surface area (Å²) in [7, 11) is 0. The lowest BCUT2D eigenvalue weighted by atomic mass is 9.47. The molecule has 0 heterocycles. The van der Waals surface area contributed by atoms with E-state index in [4.69, 9.17) is 9.84 Å². The molecule has 2 N–H and O–H groups in total. The molecule has 4 aliphatic carbocycles. The summed E-state index contributed by atoms with van der Waals surface area (Å²) in [5, 5.41) is 19.0. The second-order valence-electron chi connectivity index (χ2n) is 13.0. The van der Waals surface area contributed by atoms with E-state index in [1.54, 1.807) is 5.57 Å². The fourth-order valence-electron chi connectivity index (χ4n) is 8.62. The Labute approximate surface area is 205 Å². The molecule has 0 aliphatic heterocycles. The molecule has 4 aliphatic rings. The van der Waals surface area contributed by atoms with E-state index in [0.29, 0.717) is 10.8 Å². The molecule has 0 aromatic rings. The summed E-state index contributed by atoms with van der Waals surface area (Å²) in [4.78, 5) is 22.7. The van der Waals surface area contributed by atoms with Crippen LogP contribution in [0.4, 0.5) is 0 Å². The Balaban J connectivity index is 1.33. The Morgan fingerprint density at radius 2 is 1.85 bits per heavy atom. The molecule has 0 aromatic heterocycles. The monoisotopic (exact) mass is 474 g/mol. The predicted molar refractivity (Wildman–Crippen MR) is 132 cm³/mol. The van der Waals surface area contributed by atoms with Gasteiger partial charge >= 0.3 is 11.9 Å². The van der Waals surface area contributed by atoms with Crippen LogP contribution in [0.2, 0.25) is 0 Å². The summed E-state index contributed by atoms with van der Waals surface area (Å²) in [6.07, 6.45) is 14.7. The van der Waals surface area contributed by atoms with Crippen LogP contribution in [0, 0.1) is 34.5 Å². The Bertz CT molecular complexity index is 815. The van der Waals surface area contributed by atoms with Crippen LogP contribution in [-0.4, -0.2) is 33.9 Å². The average Bonchev–Trinajstić information content (AvgIpc) is 3.09. The number of fused-ring (bicyclic) bond motifs is 5. The molecule has 3 fully saturated rings. The van der Waals surface area contributed by atoms with Crippen LogP contribution in [0.1, 0.15) is 111 Å². The van der Waals surface area contributed by atoms with Gasteiger partial charge in [0.25, 0.3) is 0 Å². The van der Waals surface area contributed by atoms with E-state index in [1.165, 1.54) is 38.5 Å². The van der Waals surface area contributed by atoms with Crippen LogP contribution in [0.3, 0.4) is 0 Å². The molecule has 3 saturated carbocycles. The smallest absolute Gasteiger partial charge is 0.306 e. The van der Waals surface area contributed by atoms with Gasteiger partial charge in [0.05, 0.1) is 18.9 Å². The number of carboxylic acid groups (broad SMARTS) is 1. The number of carboxylic acids is 1. The minimum Gasteiger partial charge on any atom is -0.481 e. The lowest BCUT2D eigenvalue weighted by Gasteiger charge is -2.58.